The van der Waals surface area contributed by atoms with Crippen LogP contribution in [-0.4, -0.2) is 14.5 Å². The summed E-state index contributed by atoms with van der Waals surface area (Å²) in [6.07, 6.45) is 6.18. The number of hydrogen-bond donors (Lipinski definition) is 0. The number of halogens is 6. The average molecular weight is 377 g/mol. The van der Waals surface area contributed by atoms with Gasteiger partial charge in [0.25, 0.3) is 0 Å². The summed E-state index contributed by atoms with van der Waals surface area (Å²) < 4.78 is 0. The van der Waals surface area contributed by atoms with E-state index in [2.05, 4.69) is 6.92 Å². The normalized spacial score (nSPS) is 13.0. The number of unbranched alkanes of at least 4 members (excludes halogenated alkanes) is 2. The molecule has 0 amide bonds. The van der Waals surface area contributed by atoms with Gasteiger partial charge in [-0.15, -0.1) is 69.6 Å². The first-order chi connectivity index (χ1) is 8.31. The van der Waals surface area contributed by atoms with Crippen molar-refractivity contribution in [3.8, 4) is 0 Å². The topological polar surface area (TPSA) is 0 Å². The van der Waals surface area contributed by atoms with Crippen molar-refractivity contribution in [2.24, 2.45) is 5.41 Å². The van der Waals surface area contributed by atoms with Crippen molar-refractivity contribution in [2.45, 2.75) is 66.4 Å². The average Bonchev–Trinajstić information content (AvgIpc) is 2.13. The molecule has 0 radical (unpaired) electrons. The zero-order chi connectivity index (χ0) is 14.2. The molecular weight excluding hydrogens is 357 g/mol. The molecule has 0 saturated heterocycles. The first-order valence-corrected chi connectivity index (χ1v) is 8.77. The van der Waals surface area contributed by atoms with E-state index < -0.39 is 14.5 Å². The molecule has 0 rings (SSSR count). The number of hydrogen-bond acceptors (Lipinski definition) is 0. The van der Waals surface area contributed by atoms with Gasteiger partial charge in [0, 0.05) is 0 Å². The summed E-state index contributed by atoms with van der Waals surface area (Å²) in [7, 11) is 0. The Morgan fingerprint density at radius 3 is 1.39 bits per heavy atom. The van der Waals surface area contributed by atoms with Gasteiger partial charge in [0.05, 0.1) is 0 Å². The van der Waals surface area contributed by atoms with Crippen molar-refractivity contribution < 1.29 is 0 Å². The summed E-state index contributed by atoms with van der Waals surface area (Å²) in [6.45, 7) is 2.16. The molecule has 0 fully saturated rings. The summed E-state index contributed by atoms with van der Waals surface area (Å²) in [4.78, 5) is -1.36. The van der Waals surface area contributed by atoms with E-state index in [0.29, 0.717) is 19.3 Å². The molecule has 0 aromatic rings. The van der Waals surface area contributed by atoms with Gasteiger partial charge in [-0.2, -0.15) is 0 Å². The maximum atomic E-state index is 5.93. The van der Waals surface area contributed by atoms with Crippen molar-refractivity contribution in [2.75, 3.05) is 0 Å². The molecule has 0 heterocycles. The van der Waals surface area contributed by atoms with Crippen molar-refractivity contribution in [3.63, 3.8) is 0 Å². The molecule has 0 unspecified atom stereocenters. The predicted molar refractivity (Wildman–Crippen MR) is 86.9 cm³/mol. The summed E-state index contributed by atoms with van der Waals surface area (Å²) in [5.74, 6) is 0. The first kappa shape index (κ1) is 19.7. The SMILES string of the molecule is CCCCCC(CC(Cl)Cl)(CC(Cl)Cl)CC(Cl)Cl. The summed E-state index contributed by atoms with van der Waals surface area (Å²) in [5, 5.41) is 0. The van der Waals surface area contributed by atoms with Crippen LogP contribution in [0.3, 0.4) is 0 Å². The zero-order valence-electron chi connectivity index (χ0n) is 10.4. The molecule has 0 aliphatic heterocycles. The van der Waals surface area contributed by atoms with Gasteiger partial charge < -0.3 is 0 Å². The Bertz CT molecular complexity index is 178. The number of rotatable bonds is 10. The molecule has 18 heavy (non-hydrogen) atoms. The van der Waals surface area contributed by atoms with Crippen LogP contribution in [0.4, 0.5) is 0 Å². The van der Waals surface area contributed by atoms with Crippen LogP contribution in [0.5, 0.6) is 0 Å². The van der Waals surface area contributed by atoms with E-state index in [1.807, 2.05) is 0 Å². The predicted octanol–water partition coefficient (Wildman–Crippen LogP) is 7.13. The Morgan fingerprint density at radius 1 is 0.722 bits per heavy atom. The Labute approximate surface area is 141 Å². The molecule has 6 heteroatoms. The van der Waals surface area contributed by atoms with Crippen molar-refractivity contribution in [1.29, 1.82) is 0 Å². The van der Waals surface area contributed by atoms with Gasteiger partial charge >= 0.3 is 0 Å². The summed E-state index contributed by atoms with van der Waals surface area (Å²) in [6, 6.07) is 0. The van der Waals surface area contributed by atoms with Gasteiger partial charge in [-0.3, -0.25) is 0 Å². The van der Waals surface area contributed by atoms with Gasteiger partial charge in [0.1, 0.15) is 14.5 Å². The lowest BCUT2D eigenvalue weighted by Gasteiger charge is -2.36. The lowest BCUT2D eigenvalue weighted by molar-refractivity contribution is 0.212. The molecule has 0 saturated carbocycles. The fourth-order valence-corrected chi connectivity index (χ4v) is 4.25. The van der Waals surface area contributed by atoms with Gasteiger partial charge in [-0.05, 0) is 31.1 Å². The molecule has 110 valence electrons. The second kappa shape index (κ2) is 10.5. The van der Waals surface area contributed by atoms with Crippen LogP contribution >= 0.6 is 69.6 Å². The van der Waals surface area contributed by atoms with Crippen LogP contribution in [0.25, 0.3) is 0 Å². The Morgan fingerprint density at radius 2 is 1.11 bits per heavy atom. The maximum Gasteiger partial charge on any atom is 0.108 e. The lowest BCUT2D eigenvalue weighted by atomic mass is 9.75. The molecule has 0 atom stereocenters. The second-order valence-electron chi connectivity index (χ2n) is 4.74. The Kier molecular flexibility index (Phi) is 11.5. The van der Waals surface area contributed by atoms with Crippen LogP contribution in [0.1, 0.15) is 51.9 Å². The summed E-state index contributed by atoms with van der Waals surface area (Å²) >= 11 is 35.6. The van der Waals surface area contributed by atoms with Crippen molar-refractivity contribution in [3.05, 3.63) is 0 Å². The van der Waals surface area contributed by atoms with Gasteiger partial charge in [-0.25, -0.2) is 0 Å². The van der Waals surface area contributed by atoms with Crippen LogP contribution in [0.2, 0.25) is 0 Å². The van der Waals surface area contributed by atoms with E-state index in [4.69, 9.17) is 69.6 Å². The third-order valence-electron chi connectivity index (χ3n) is 3.07. The zero-order valence-corrected chi connectivity index (χ0v) is 15.0. The van der Waals surface area contributed by atoms with Crippen LogP contribution in [0, 0.1) is 5.41 Å². The van der Waals surface area contributed by atoms with E-state index in [-0.39, 0.29) is 5.41 Å². The highest BCUT2D eigenvalue weighted by atomic mass is 35.5. The smallest absolute Gasteiger partial charge is 0.105 e. The highest BCUT2D eigenvalue weighted by molar-refractivity contribution is 6.45. The van der Waals surface area contributed by atoms with Crippen molar-refractivity contribution in [1.82, 2.24) is 0 Å². The maximum absolute atomic E-state index is 5.93. The Balaban J connectivity index is 4.74. The standard InChI is InChI=1S/C12H20Cl6/c1-2-3-4-5-12(6-9(13)14,7-10(15)16)8-11(17)18/h9-11H,2-8H2,1H3. The second-order valence-corrected chi connectivity index (χ2v) is 8.57. The molecule has 0 aromatic carbocycles. The minimum atomic E-state index is -0.453. The number of alkyl halides is 6. The summed E-state index contributed by atoms with van der Waals surface area (Å²) in [5.41, 5.74) is -0.175. The molecule has 0 aromatic heterocycles. The van der Waals surface area contributed by atoms with Gasteiger partial charge in [-0.1, -0.05) is 26.2 Å². The molecule has 0 aliphatic rings. The molecule has 0 bridgehead atoms. The van der Waals surface area contributed by atoms with E-state index in [1.165, 1.54) is 0 Å². The third-order valence-corrected chi connectivity index (χ3v) is 4.00. The highest BCUT2D eigenvalue weighted by Gasteiger charge is 2.35. The van der Waals surface area contributed by atoms with Crippen molar-refractivity contribution >= 4 is 69.6 Å². The first-order valence-electron chi connectivity index (χ1n) is 6.16. The van der Waals surface area contributed by atoms with E-state index in [1.54, 1.807) is 0 Å². The fourth-order valence-electron chi connectivity index (χ4n) is 2.29. The Hall–Kier alpha value is 1.74. The minimum Gasteiger partial charge on any atom is -0.105 e. The minimum absolute atomic E-state index is 0.175. The molecule has 0 nitrogen and oxygen atoms in total. The largest absolute Gasteiger partial charge is 0.108 e. The lowest BCUT2D eigenvalue weighted by Crippen LogP contribution is -2.28. The molecule has 0 aliphatic carbocycles. The molecule has 0 N–H and O–H groups in total. The van der Waals surface area contributed by atoms with Crippen LogP contribution in [0.15, 0.2) is 0 Å². The van der Waals surface area contributed by atoms with E-state index in [0.717, 1.165) is 25.7 Å². The van der Waals surface area contributed by atoms with Gasteiger partial charge in [0.15, 0.2) is 0 Å². The van der Waals surface area contributed by atoms with Crippen LogP contribution < -0.4 is 0 Å². The van der Waals surface area contributed by atoms with Gasteiger partial charge in [0.2, 0.25) is 0 Å². The van der Waals surface area contributed by atoms with E-state index >= 15 is 0 Å². The fraction of sp³-hybridized carbons (Fsp3) is 1.00. The monoisotopic (exact) mass is 374 g/mol. The quantitative estimate of drug-likeness (QED) is 0.281. The van der Waals surface area contributed by atoms with E-state index in [9.17, 15) is 0 Å². The molecule has 0 spiro atoms. The third kappa shape index (κ3) is 9.61. The molecular formula is C12H20Cl6. The highest BCUT2D eigenvalue weighted by Crippen LogP contribution is 2.44. The van der Waals surface area contributed by atoms with Crippen LogP contribution in [-0.2, 0) is 0 Å².